The number of carbonyl (C=O) groups is 1. The van der Waals surface area contributed by atoms with E-state index in [0.717, 1.165) is 13.0 Å². The number of amides is 1. The number of fused-ring (bicyclic) bond motifs is 1. The molecular weight excluding hydrogens is 262 g/mol. The number of carbonyl (C=O) groups excluding carboxylic acids is 1. The normalized spacial score (nSPS) is 19.3. The van der Waals surface area contributed by atoms with Crippen molar-refractivity contribution in [2.75, 3.05) is 25.0 Å². The second-order valence-corrected chi connectivity index (χ2v) is 6.21. The van der Waals surface area contributed by atoms with Crippen LogP contribution in [0.4, 0.5) is 5.69 Å². The van der Waals surface area contributed by atoms with Crippen LogP contribution < -0.4 is 15.5 Å². The summed E-state index contributed by atoms with van der Waals surface area (Å²) in [7, 11) is 1.99. The highest BCUT2D eigenvalue weighted by molar-refractivity contribution is 5.82. The quantitative estimate of drug-likeness (QED) is 0.874. The summed E-state index contributed by atoms with van der Waals surface area (Å²) in [6.07, 6.45) is 1.03. The summed E-state index contributed by atoms with van der Waals surface area (Å²) in [5.41, 5.74) is 2.46. The minimum Gasteiger partial charge on any atom is -0.362 e. The molecule has 1 aromatic carbocycles. The molecule has 2 N–H and O–H groups in total. The van der Waals surface area contributed by atoms with Crippen molar-refractivity contribution in [3.05, 3.63) is 29.8 Å². The first kappa shape index (κ1) is 15.8. The highest BCUT2D eigenvalue weighted by Crippen LogP contribution is 2.32. The number of hydrogen-bond acceptors (Lipinski definition) is 3. The van der Waals surface area contributed by atoms with Crippen LogP contribution in [0.2, 0.25) is 0 Å². The van der Waals surface area contributed by atoms with Crippen molar-refractivity contribution in [3.8, 4) is 0 Å². The van der Waals surface area contributed by atoms with Crippen molar-refractivity contribution in [1.29, 1.82) is 0 Å². The van der Waals surface area contributed by atoms with E-state index < -0.39 is 0 Å². The standard InChI is InChI=1S/C17H27N3O/c1-12(2)13(3)19-17(21)11-20-10-9-15(18-4)14-7-5-6-8-16(14)20/h5-8,12-13,15,18H,9-11H2,1-4H3,(H,19,21). The number of rotatable bonds is 5. The van der Waals surface area contributed by atoms with E-state index >= 15 is 0 Å². The van der Waals surface area contributed by atoms with Gasteiger partial charge in [-0.15, -0.1) is 0 Å². The van der Waals surface area contributed by atoms with E-state index in [2.05, 4.69) is 54.5 Å². The van der Waals surface area contributed by atoms with Crippen molar-refractivity contribution in [1.82, 2.24) is 10.6 Å². The molecule has 4 nitrogen and oxygen atoms in total. The van der Waals surface area contributed by atoms with E-state index in [9.17, 15) is 4.79 Å². The lowest BCUT2D eigenvalue weighted by Gasteiger charge is -2.35. The maximum Gasteiger partial charge on any atom is 0.239 e. The average molecular weight is 289 g/mol. The molecule has 2 atom stereocenters. The van der Waals surface area contributed by atoms with Crippen molar-refractivity contribution in [3.63, 3.8) is 0 Å². The van der Waals surface area contributed by atoms with Gasteiger partial charge in [-0.2, -0.15) is 0 Å². The minimum atomic E-state index is 0.105. The second-order valence-electron chi connectivity index (χ2n) is 6.21. The summed E-state index contributed by atoms with van der Waals surface area (Å²) >= 11 is 0. The molecule has 0 saturated heterocycles. The van der Waals surface area contributed by atoms with Gasteiger partial charge in [-0.25, -0.2) is 0 Å². The zero-order chi connectivity index (χ0) is 15.4. The maximum absolute atomic E-state index is 12.2. The van der Waals surface area contributed by atoms with Gasteiger partial charge in [0.05, 0.1) is 6.54 Å². The highest BCUT2D eigenvalue weighted by Gasteiger charge is 2.25. The van der Waals surface area contributed by atoms with Crippen molar-refractivity contribution < 1.29 is 4.79 Å². The fourth-order valence-electron chi connectivity index (χ4n) is 2.73. The Hall–Kier alpha value is -1.55. The van der Waals surface area contributed by atoms with E-state index in [-0.39, 0.29) is 11.9 Å². The lowest BCUT2D eigenvalue weighted by atomic mass is 9.96. The number of anilines is 1. The molecule has 4 heteroatoms. The molecule has 1 heterocycles. The summed E-state index contributed by atoms with van der Waals surface area (Å²) in [5, 5.41) is 6.44. The van der Waals surface area contributed by atoms with Gasteiger partial charge in [-0.1, -0.05) is 32.0 Å². The van der Waals surface area contributed by atoms with Gasteiger partial charge in [0.1, 0.15) is 0 Å². The van der Waals surface area contributed by atoms with Crippen LogP contribution in [0.1, 0.15) is 38.8 Å². The molecule has 116 valence electrons. The number of para-hydroxylation sites is 1. The van der Waals surface area contributed by atoms with Crippen LogP contribution in [0.3, 0.4) is 0 Å². The molecule has 2 rings (SSSR count). The Kier molecular flexibility index (Phi) is 5.23. The predicted octanol–water partition coefficient (Wildman–Crippen LogP) is 2.32. The summed E-state index contributed by atoms with van der Waals surface area (Å²) in [6.45, 7) is 7.65. The first-order chi connectivity index (χ1) is 10.0. The van der Waals surface area contributed by atoms with Crippen LogP contribution in [0.15, 0.2) is 24.3 Å². The molecule has 0 saturated carbocycles. The van der Waals surface area contributed by atoms with E-state index in [1.54, 1.807) is 0 Å². The van der Waals surface area contributed by atoms with E-state index in [0.29, 0.717) is 18.5 Å². The third-order valence-corrected chi connectivity index (χ3v) is 4.41. The highest BCUT2D eigenvalue weighted by atomic mass is 16.2. The van der Waals surface area contributed by atoms with Gasteiger partial charge in [-0.05, 0) is 37.9 Å². The maximum atomic E-state index is 12.2. The van der Waals surface area contributed by atoms with Gasteiger partial charge in [0.25, 0.3) is 0 Å². The van der Waals surface area contributed by atoms with E-state index in [4.69, 9.17) is 0 Å². The van der Waals surface area contributed by atoms with Crippen LogP contribution in [-0.4, -0.2) is 32.1 Å². The molecule has 1 amide bonds. The third-order valence-electron chi connectivity index (χ3n) is 4.41. The number of nitrogens with one attached hydrogen (secondary N) is 2. The molecule has 1 aromatic rings. The first-order valence-electron chi connectivity index (χ1n) is 7.83. The molecule has 0 aromatic heterocycles. The van der Waals surface area contributed by atoms with Gasteiger partial charge >= 0.3 is 0 Å². The lowest BCUT2D eigenvalue weighted by molar-refractivity contribution is -0.120. The van der Waals surface area contributed by atoms with Crippen LogP contribution in [0.25, 0.3) is 0 Å². The predicted molar refractivity (Wildman–Crippen MR) is 87.5 cm³/mol. The van der Waals surface area contributed by atoms with Crippen LogP contribution in [-0.2, 0) is 4.79 Å². The van der Waals surface area contributed by atoms with Gasteiger partial charge in [-0.3, -0.25) is 4.79 Å². The van der Waals surface area contributed by atoms with Gasteiger partial charge in [0.15, 0.2) is 0 Å². The molecular formula is C17H27N3O. The van der Waals surface area contributed by atoms with Crippen molar-refractivity contribution >= 4 is 11.6 Å². The first-order valence-corrected chi connectivity index (χ1v) is 7.83. The van der Waals surface area contributed by atoms with Gasteiger partial charge in [0.2, 0.25) is 5.91 Å². The Labute approximate surface area is 127 Å². The molecule has 2 unspecified atom stereocenters. The molecule has 0 spiro atoms. The Balaban J connectivity index is 2.06. The molecule has 1 aliphatic rings. The molecule has 1 aliphatic heterocycles. The number of nitrogens with zero attached hydrogens (tertiary/aromatic N) is 1. The smallest absolute Gasteiger partial charge is 0.239 e. The molecule has 0 aliphatic carbocycles. The fraction of sp³-hybridized carbons (Fsp3) is 0.588. The minimum absolute atomic E-state index is 0.105. The largest absolute Gasteiger partial charge is 0.362 e. The molecule has 0 fully saturated rings. The van der Waals surface area contributed by atoms with Gasteiger partial charge < -0.3 is 15.5 Å². The topological polar surface area (TPSA) is 44.4 Å². The van der Waals surface area contributed by atoms with Crippen LogP contribution in [0, 0.1) is 5.92 Å². The Morgan fingerprint density at radius 3 is 2.71 bits per heavy atom. The average Bonchev–Trinajstić information content (AvgIpc) is 2.47. The molecule has 21 heavy (non-hydrogen) atoms. The molecule has 0 bridgehead atoms. The Morgan fingerprint density at radius 1 is 1.33 bits per heavy atom. The Bertz CT molecular complexity index is 487. The SMILES string of the molecule is CNC1CCN(CC(=O)NC(C)C(C)C)c2ccccc21. The number of benzene rings is 1. The second kappa shape index (κ2) is 6.94. The summed E-state index contributed by atoms with van der Waals surface area (Å²) in [5.74, 6) is 0.560. The lowest BCUT2D eigenvalue weighted by Crippen LogP contribution is -2.45. The summed E-state index contributed by atoms with van der Waals surface area (Å²) < 4.78 is 0. The van der Waals surface area contributed by atoms with E-state index in [1.807, 2.05) is 13.1 Å². The van der Waals surface area contributed by atoms with Crippen molar-refractivity contribution in [2.24, 2.45) is 5.92 Å². The Morgan fingerprint density at radius 2 is 2.05 bits per heavy atom. The monoisotopic (exact) mass is 289 g/mol. The van der Waals surface area contributed by atoms with Crippen LogP contribution >= 0.6 is 0 Å². The van der Waals surface area contributed by atoms with E-state index in [1.165, 1.54) is 11.3 Å². The number of hydrogen-bond donors (Lipinski definition) is 2. The van der Waals surface area contributed by atoms with Crippen LogP contribution in [0.5, 0.6) is 0 Å². The molecule has 0 radical (unpaired) electrons. The zero-order valence-corrected chi connectivity index (χ0v) is 13.5. The third kappa shape index (κ3) is 3.76. The van der Waals surface area contributed by atoms with Crippen molar-refractivity contribution in [2.45, 2.75) is 39.3 Å². The zero-order valence-electron chi connectivity index (χ0n) is 13.5. The summed E-state index contributed by atoms with van der Waals surface area (Å²) in [4.78, 5) is 14.4. The summed E-state index contributed by atoms with van der Waals surface area (Å²) in [6, 6.07) is 8.96. The van der Waals surface area contributed by atoms with Gasteiger partial charge in [0, 0.05) is 24.3 Å². The fourth-order valence-corrected chi connectivity index (χ4v) is 2.73.